The summed E-state index contributed by atoms with van der Waals surface area (Å²) in [4.78, 5) is 2.22. The molecule has 1 aromatic rings. The zero-order chi connectivity index (χ0) is 11.4. The number of anilines is 1. The van der Waals surface area contributed by atoms with Crippen LogP contribution in [0.25, 0.3) is 0 Å². The molecule has 0 unspecified atom stereocenters. The standard InChI is InChI=1S/C12H20N4/c1-10-7-12(15-14-8-10)16(2)9-11-3-5-13-6-4-11/h7-8,11,13H,3-6,9H2,1-2H3. The highest BCUT2D eigenvalue weighted by atomic mass is 15.2. The van der Waals surface area contributed by atoms with Crippen molar-refractivity contribution in [2.45, 2.75) is 19.8 Å². The molecule has 0 radical (unpaired) electrons. The first-order valence-electron chi connectivity index (χ1n) is 5.97. The van der Waals surface area contributed by atoms with Crippen LogP contribution in [0, 0.1) is 12.8 Å². The van der Waals surface area contributed by atoms with Gasteiger partial charge in [0.1, 0.15) is 0 Å². The molecule has 4 heteroatoms. The lowest BCUT2D eigenvalue weighted by atomic mass is 9.98. The summed E-state index contributed by atoms with van der Waals surface area (Å²) in [7, 11) is 2.10. The molecule has 0 aliphatic carbocycles. The molecule has 0 atom stereocenters. The summed E-state index contributed by atoms with van der Waals surface area (Å²) in [6.45, 7) is 5.44. The summed E-state index contributed by atoms with van der Waals surface area (Å²) in [6, 6.07) is 2.09. The number of hydrogen-bond donors (Lipinski definition) is 1. The Morgan fingerprint density at radius 3 is 2.88 bits per heavy atom. The molecule has 0 amide bonds. The fourth-order valence-electron chi connectivity index (χ4n) is 2.18. The van der Waals surface area contributed by atoms with Crippen LogP contribution < -0.4 is 10.2 Å². The second kappa shape index (κ2) is 5.25. The first-order valence-corrected chi connectivity index (χ1v) is 5.97. The minimum atomic E-state index is 0.786. The summed E-state index contributed by atoms with van der Waals surface area (Å²) in [6.07, 6.45) is 4.33. The third-order valence-corrected chi connectivity index (χ3v) is 3.16. The van der Waals surface area contributed by atoms with Gasteiger partial charge in [-0.3, -0.25) is 0 Å². The summed E-state index contributed by atoms with van der Waals surface area (Å²) in [5.74, 6) is 1.77. The lowest BCUT2D eigenvalue weighted by molar-refractivity contribution is 0.377. The van der Waals surface area contributed by atoms with E-state index >= 15 is 0 Å². The molecule has 2 heterocycles. The fourth-order valence-corrected chi connectivity index (χ4v) is 2.18. The largest absolute Gasteiger partial charge is 0.358 e. The van der Waals surface area contributed by atoms with Crippen molar-refractivity contribution >= 4 is 5.82 Å². The van der Waals surface area contributed by atoms with E-state index in [4.69, 9.17) is 0 Å². The Kier molecular flexibility index (Phi) is 3.72. The van der Waals surface area contributed by atoms with E-state index in [2.05, 4.69) is 40.5 Å². The number of nitrogens with one attached hydrogen (secondary N) is 1. The molecule has 88 valence electrons. The van der Waals surface area contributed by atoms with E-state index in [1.807, 2.05) is 0 Å². The summed E-state index contributed by atoms with van der Waals surface area (Å²) < 4.78 is 0. The van der Waals surface area contributed by atoms with Crippen LogP contribution in [0.3, 0.4) is 0 Å². The zero-order valence-corrected chi connectivity index (χ0v) is 10.1. The van der Waals surface area contributed by atoms with Crippen LogP contribution in [-0.4, -0.2) is 36.9 Å². The van der Waals surface area contributed by atoms with E-state index in [0.717, 1.165) is 31.4 Å². The molecule has 4 nitrogen and oxygen atoms in total. The van der Waals surface area contributed by atoms with Gasteiger partial charge in [-0.05, 0) is 50.4 Å². The van der Waals surface area contributed by atoms with Crippen LogP contribution in [0.5, 0.6) is 0 Å². The van der Waals surface area contributed by atoms with Crippen molar-refractivity contribution in [2.24, 2.45) is 5.92 Å². The highest BCUT2D eigenvalue weighted by molar-refractivity contribution is 5.37. The topological polar surface area (TPSA) is 41.1 Å². The van der Waals surface area contributed by atoms with Crippen LogP contribution in [0.1, 0.15) is 18.4 Å². The Balaban J connectivity index is 1.94. The highest BCUT2D eigenvalue weighted by Crippen LogP contribution is 2.16. The van der Waals surface area contributed by atoms with Crippen molar-refractivity contribution in [3.05, 3.63) is 17.8 Å². The summed E-state index contributed by atoms with van der Waals surface area (Å²) >= 11 is 0. The molecule has 1 fully saturated rings. The van der Waals surface area contributed by atoms with Crippen molar-refractivity contribution in [3.8, 4) is 0 Å². The van der Waals surface area contributed by atoms with Gasteiger partial charge in [0.15, 0.2) is 5.82 Å². The fraction of sp³-hybridized carbons (Fsp3) is 0.667. The van der Waals surface area contributed by atoms with E-state index in [1.54, 1.807) is 6.20 Å². The van der Waals surface area contributed by atoms with Crippen molar-refractivity contribution < 1.29 is 0 Å². The van der Waals surface area contributed by atoms with Gasteiger partial charge in [-0.15, -0.1) is 5.10 Å². The number of rotatable bonds is 3. The molecule has 0 aromatic carbocycles. The average molecular weight is 220 g/mol. The van der Waals surface area contributed by atoms with Crippen LogP contribution >= 0.6 is 0 Å². The predicted molar refractivity (Wildman–Crippen MR) is 65.6 cm³/mol. The van der Waals surface area contributed by atoms with Crippen molar-refractivity contribution in [3.63, 3.8) is 0 Å². The molecule has 0 bridgehead atoms. The maximum Gasteiger partial charge on any atom is 0.151 e. The first kappa shape index (κ1) is 11.3. The summed E-state index contributed by atoms with van der Waals surface area (Å²) in [5, 5.41) is 11.6. The number of hydrogen-bond acceptors (Lipinski definition) is 4. The second-order valence-corrected chi connectivity index (χ2v) is 4.67. The van der Waals surface area contributed by atoms with Gasteiger partial charge in [0.2, 0.25) is 0 Å². The van der Waals surface area contributed by atoms with Gasteiger partial charge in [0.25, 0.3) is 0 Å². The van der Waals surface area contributed by atoms with Crippen LogP contribution in [0.15, 0.2) is 12.3 Å². The van der Waals surface area contributed by atoms with E-state index in [-0.39, 0.29) is 0 Å². The van der Waals surface area contributed by atoms with E-state index in [9.17, 15) is 0 Å². The SMILES string of the molecule is Cc1cnnc(N(C)CC2CCNCC2)c1. The third-order valence-electron chi connectivity index (χ3n) is 3.16. The van der Waals surface area contributed by atoms with Gasteiger partial charge >= 0.3 is 0 Å². The van der Waals surface area contributed by atoms with Crippen molar-refractivity contribution in [1.82, 2.24) is 15.5 Å². The zero-order valence-electron chi connectivity index (χ0n) is 10.1. The second-order valence-electron chi connectivity index (χ2n) is 4.67. The molecule has 0 spiro atoms. The summed E-state index contributed by atoms with van der Waals surface area (Å²) in [5.41, 5.74) is 1.17. The van der Waals surface area contributed by atoms with Crippen molar-refractivity contribution in [1.29, 1.82) is 0 Å². The average Bonchev–Trinajstić information content (AvgIpc) is 2.30. The molecule has 2 rings (SSSR count). The Morgan fingerprint density at radius 2 is 2.19 bits per heavy atom. The third kappa shape index (κ3) is 2.92. The van der Waals surface area contributed by atoms with Gasteiger partial charge in [-0.25, -0.2) is 0 Å². The van der Waals surface area contributed by atoms with E-state index in [1.165, 1.54) is 18.4 Å². The number of aromatic nitrogens is 2. The van der Waals surface area contributed by atoms with Crippen molar-refractivity contribution in [2.75, 3.05) is 31.6 Å². The molecule has 1 aliphatic rings. The number of piperidine rings is 1. The minimum absolute atomic E-state index is 0.786. The van der Waals surface area contributed by atoms with Gasteiger partial charge < -0.3 is 10.2 Å². The Labute approximate surface area is 97.1 Å². The lowest BCUT2D eigenvalue weighted by Gasteiger charge is -2.27. The molecular weight excluding hydrogens is 200 g/mol. The number of nitrogens with zero attached hydrogens (tertiary/aromatic N) is 3. The Hall–Kier alpha value is -1.16. The molecule has 0 saturated carbocycles. The predicted octanol–water partition coefficient (Wildman–Crippen LogP) is 1.22. The van der Waals surface area contributed by atoms with Crippen LogP contribution in [0.2, 0.25) is 0 Å². The van der Waals surface area contributed by atoms with Gasteiger partial charge in [0, 0.05) is 13.6 Å². The van der Waals surface area contributed by atoms with Gasteiger partial charge in [-0.1, -0.05) is 0 Å². The Morgan fingerprint density at radius 1 is 1.44 bits per heavy atom. The Bertz CT molecular complexity index is 334. The quantitative estimate of drug-likeness (QED) is 0.831. The van der Waals surface area contributed by atoms with Crippen LogP contribution in [0.4, 0.5) is 5.82 Å². The monoisotopic (exact) mass is 220 g/mol. The molecule has 1 saturated heterocycles. The molecule has 1 N–H and O–H groups in total. The molecule has 1 aliphatic heterocycles. The smallest absolute Gasteiger partial charge is 0.151 e. The molecule has 16 heavy (non-hydrogen) atoms. The normalized spacial score (nSPS) is 17.4. The van der Waals surface area contributed by atoms with Gasteiger partial charge in [0.05, 0.1) is 6.20 Å². The first-order chi connectivity index (χ1) is 7.75. The lowest BCUT2D eigenvalue weighted by Crippen LogP contribution is -2.34. The molecule has 1 aromatic heterocycles. The minimum Gasteiger partial charge on any atom is -0.358 e. The van der Waals surface area contributed by atoms with Gasteiger partial charge in [-0.2, -0.15) is 5.10 Å². The maximum absolute atomic E-state index is 4.17. The van der Waals surface area contributed by atoms with Crippen LogP contribution in [-0.2, 0) is 0 Å². The van der Waals surface area contributed by atoms with E-state index in [0.29, 0.717) is 0 Å². The number of aryl methyl sites for hydroxylation is 1. The molecular formula is C12H20N4. The maximum atomic E-state index is 4.17. The highest BCUT2D eigenvalue weighted by Gasteiger charge is 2.15. The van der Waals surface area contributed by atoms with E-state index < -0.39 is 0 Å².